The van der Waals surface area contributed by atoms with Crippen molar-refractivity contribution in [3.63, 3.8) is 0 Å². The van der Waals surface area contributed by atoms with Gasteiger partial charge in [0.15, 0.2) is 0 Å². The Bertz CT molecular complexity index is 499. The average molecular weight is 279 g/mol. The second-order valence-electron chi connectivity index (χ2n) is 4.55. The molecule has 0 unspecified atom stereocenters. The van der Waals surface area contributed by atoms with Crippen molar-refractivity contribution in [3.05, 3.63) is 18.0 Å². The van der Waals surface area contributed by atoms with Crippen molar-refractivity contribution in [1.82, 2.24) is 25.7 Å². The average Bonchev–Trinajstić information content (AvgIpc) is 3.01. The van der Waals surface area contributed by atoms with Gasteiger partial charge in [0.2, 0.25) is 5.91 Å². The molecule has 20 heavy (non-hydrogen) atoms. The number of carbonyl (C=O) groups excluding carboxylic acids is 3. The third kappa shape index (κ3) is 3.14. The highest BCUT2D eigenvalue weighted by atomic mass is 16.2. The van der Waals surface area contributed by atoms with E-state index in [9.17, 15) is 14.4 Å². The Morgan fingerprint density at radius 3 is 2.95 bits per heavy atom. The van der Waals surface area contributed by atoms with E-state index in [1.165, 1.54) is 0 Å². The van der Waals surface area contributed by atoms with Crippen LogP contribution >= 0.6 is 0 Å². The first-order chi connectivity index (χ1) is 9.61. The lowest BCUT2D eigenvalue weighted by molar-refractivity contribution is -0.130. The molecule has 1 aliphatic rings. The number of hydrogen-bond acceptors (Lipinski definition) is 4. The number of carbonyl (C=O) groups is 3. The summed E-state index contributed by atoms with van der Waals surface area (Å²) in [5, 5.41) is 11.7. The van der Waals surface area contributed by atoms with Crippen LogP contribution in [0.3, 0.4) is 0 Å². The summed E-state index contributed by atoms with van der Waals surface area (Å²) in [6, 6.07) is 0.546. The van der Waals surface area contributed by atoms with Gasteiger partial charge in [0, 0.05) is 12.7 Å². The highest BCUT2D eigenvalue weighted by Crippen LogP contribution is 2.10. The molecule has 1 aromatic heterocycles. The topological polar surface area (TPSA) is 107 Å². The first-order valence-corrected chi connectivity index (χ1v) is 6.48. The monoisotopic (exact) mass is 279 g/mol. The molecule has 1 saturated heterocycles. The first kappa shape index (κ1) is 14.0. The molecule has 0 aromatic carbocycles. The van der Waals surface area contributed by atoms with Crippen LogP contribution in [0.2, 0.25) is 0 Å². The number of nitrogens with one attached hydrogen (secondary N) is 3. The van der Waals surface area contributed by atoms with Crippen LogP contribution in [-0.2, 0) is 16.1 Å². The van der Waals surface area contributed by atoms with E-state index >= 15 is 0 Å². The van der Waals surface area contributed by atoms with Crippen LogP contribution in [0.25, 0.3) is 0 Å². The standard InChI is InChI=1S/C12H17N5O3/c1-2-5-17-11(19)9(15-12(17)20)6-10(18)13-7-8-3-4-14-16-8/h3-4,9H,2,5-7H2,1H3,(H,13,18)(H,14,16)(H,15,20)/t9-/m0/s1. The van der Waals surface area contributed by atoms with Crippen molar-refractivity contribution in [2.45, 2.75) is 32.4 Å². The fourth-order valence-corrected chi connectivity index (χ4v) is 1.99. The fraction of sp³-hybridized carbons (Fsp3) is 0.500. The van der Waals surface area contributed by atoms with E-state index in [4.69, 9.17) is 0 Å². The minimum atomic E-state index is -0.768. The van der Waals surface area contributed by atoms with Crippen molar-refractivity contribution in [2.75, 3.05) is 6.54 Å². The molecule has 1 aliphatic heterocycles. The molecule has 0 radical (unpaired) electrons. The molecule has 0 aliphatic carbocycles. The molecular weight excluding hydrogens is 262 g/mol. The molecule has 8 heteroatoms. The molecule has 1 atom stereocenters. The number of rotatable bonds is 6. The Balaban J connectivity index is 1.82. The van der Waals surface area contributed by atoms with Crippen LogP contribution in [0.1, 0.15) is 25.5 Å². The van der Waals surface area contributed by atoms with Crippen molar-refractivity contribution in [1.29, 1.82) is 0 Å². The van der Waals surface area contributed by atoms with Crippen molar-refractivity contribution in [2.24, 2.45) is 0 Å². The molecule has 0 spiro atoms. The molecule has 0 saturated carbocycles. The minimum Gasteiger partial charge on any atom is -0.350 e. The van der Waals surface area contributed by atoms with Crippen LogP contribution in [0.5, 0.6) is 0 Å². The van der Waals surface area contributed by atoms with Gasteiger partial charge in [-0.2, -0.15) is 5.10 Å². The number of amides is 4. The summed E-state index contributed by atoms with van der Waals surface area (Å²) in [6.07, 6.45) is 2.22. The molecule has 8 nitrogen and oxygen atoms in total. The highest BCUT2D eigenvalue weighted by molar-refractivity contribution is 6.05. The smallest absolute Gasteiger partial charge is 0.324 e. The van der Waals surface area contributed by atoms with Crippen LogP contribution in [0, 0.1) is 0 Å². The van der Waals surface area contributed by atoms with E-state index in [0.717, 1.165) is 10.6 Å². The molecule has 108 valence electrons. The number of nitrogens with zero attached hydrogens (tertiary/aromatic N) is 2. The van der Waals surface area contributed by atoms with Gasteiger partial charge in [-0.25, -0.2) is 4.79 Å². The summed E-state index contributed by atoms with van der Waals surface area (Å²) in [5.74, 6) is -0.634. The third-order valence-corrected chi connectivity index (χ3v) is 2.98. The van der Waals surface area contributed by atoms with Gasteiger partial charge in [0.05, 0.1) is 18.7 Å². The lowest BCUT2D eigenvalue weighted by atomic mass is 10.2. The maximum Gasteiger partial charge on any atom is 0.324 e. The van der Waals surface area contributed by atoms with Crippen molar-refractivity contribution >= 4 is 17.8 Å². The summed E-state index contributed by atoms with van der Waals surface area (Å²) in [4.78, 5) is 36.4. The van der Waals surface area contributed by atoms with E-state index in [2.05, 4.69) is 20.8 Å². The lowest BCUT2D eigenvalue weighted by Gasteiger charge is -2.11. The lowest BCUT2D eigenvalue weighted by Crippen LogP contribution is -2.36. The quantitative estimate of drug-likeness (QED) is 0.624. The van der Waals surface area contributed by atoms with Crippen LogP contribution in [-0.4, -0.2) is 45.5 Å². The zero-order chi connectivity index (χ0) is 14.5. The predicted molar refractivity (Wildman–Crippen MR) is 69.4 cm³/mol. The number of aromatic nitrogens is 2. The molecule has 3 N–H and O–H groups in total. The summed E-state index contributed by atoms with van der Waals surface area (Å²) >= 11 is 0. The van der Waals surface area contributed by atoms with Gasteiger partial charge in [0.1, 0.15) is 6.04 Å². The summed E-state index contributed by atoms with van der Waals surface area (Å²) in [6.45, 7) is 2.56. The van der Waals surface area contributed by atoms with Gasteiger partial charge in [-0.15, -0.1) is 0 Å². The maximum absolute atomic E-state index is 11.9. The molecule has 1 aromatic rings. The molecular formula is C12H17N5O3. The van der Waals surface area contributed by atoms with Crippen molar-refractivity contribution in [3.8, 4) is 0 Å². The zero-order valence-corrected chi connectivity index (χ0v) is 11.2. The first-order valence-electron chi connectivity index (χ1n) is 6.48. The normalized spacial score (nSPS) is 18.2. The Kier molecular flexibility index (Phi) is 4.34. The van der Waals surface area contributed by atoms with Gasteiger partial charge in [-0.1, -0.05) is 6.92 Å². The van der Waals surface area contributed by atoms with Gasteiger partial charge in [-0.3, -0.25) is 19.6 Å². The van der Waals surface area contributed by atoms with Crippen molar-refractivity contribution < 1.29 is 14.4 Å². The molecule has 4 amide bonds. The van der Waals surface area contributed by atoms with E-state index in [0.29, 0.717) is 19.5 Å². The van der Waals surface area contributed by atoms with Crippen LogP contribution < -0.4 is 10.6 Å². The van der Waals surface area contributed by atoms with Gasteiger partial charge >= 0.3 is 6.03 Å². The molecule has 0 bridgehead atoms. The maximum atomic E-state index is 11.9. The minimum absolute atomic E-state index is 0.0566. The second-order valence-corrected chi connectivity index (χ2v) is 4.55. The third-order valence-electron chi connectivity index (χ3n) is 2.98. The van der Waals surface area contributed by atoms with E-state index in [-0.39, 0.29) is 18.2 Å². The number of imide groups is 1. The van der Waals surface area contributed by atoms with Crippen LogP contribution in [0.15, 0.2) is 12.3 Å². The number of aromatic amines is 1. The zero-order valence-electron chi connectivity index (χ0n) is 11.2. The Hall–Kier alpha value is -2.38. The fourth-order valence-electron chi connectivity index (χ4n) is 1.99. The molecule has 2 heterocycles. The summed E-state index contributed by atoms with van der Waals surface area (Å²) in [7, 11) is 0. The Labute approximate surface area is 115 Å². The number of urea groups is 1. The Morgan fingerprint density at radius 1 is 1.50 bits per heavy atom. The summed E-state index contributed by atoms with van der Waals surface area (Å²) in [5.41, 5.74) is 0.771. The second kappa shape index (κ2) is 6.18. The largest absolute Gasteiger partial charge is 0.350 e. The SMILES string of the molecule is CCCN1C(=O)N[C@@H](CC(=O)NCc2ccn[nH]2)C1=O. The Morgan fingerprint density at radius 2 is 2.30 bits per heavy atom. The molecule has 2 rings (SSSR count). The van der Waals surface area contributed by atoms with Gasteiger partial charge < -0.3 is 10.6 Å². The predicted octanol–water partition coefficient (Wildman–Crippen LogP) is -0.254. The van der Waals surface area contributed by atoms with E-state index in [1.807, 2.05) is 6.92 Å². The molecule has 1 fully saturated rings. The van der Waals surface area contributed by atoms with Gasteiger partial charge in [0.25, 0.3) is 5.91 Å². The number of H-pyrrole nitrogens is 1. The number of hydrogen-bond donors (Lipinski definition) is 3. The van der Waals surface area contributed by atoms with Gasteiger partial charge in [-0.05, 0) is 12.5 Å². The van der Waals surface area contributed by atoms with E-state index in [1.54, 1.807) is 12.3 Å². The van der Waals surface area contributed by atoms with E-state index < -0.39 is 12.1 Å². The summed E-state index contributed by atoms with van der Waals surface area (Å²) < 4.78 is 0. The van der Waals surface area contributed by atoms with Crippen LogP contribution in [0.4, 0.5) is 4.79 Å². The highest BCUT2D eigenvalue weighted by Gasteiger charge is 2.38.